The molecule has 2 rings (SSSR count). The van der Waals surface area contributed by atoms with Gasteiger partial charge in [0.05, 0.1) is 6.10 Å². The molecule has 1 unspecified atom stereocenters. The topological polar surface area (TPSA) is 40.5 Å². The molecule has 86 valence electrons. The minimum atomic E-state index is -0.463. The van der Waals surface area contributed by atoms with Crippen molar-refractivity contribution in [2.75, 3.05) is 13.1 Å². The molecule has 0 radical (unpaired) electrons. The molecular weight excluding hydrogens is 202 g/mol. The van der Waals surface area contributed by atoms with Gasteiger partial charge in [-0.3, -0.25) is 4.79 Å². The molecule has 1 amide bonds. The van der Waals surface area contributed by atoms with Crippen LogP contribution in [0.2, 0.25) is 0 Å². The van der Waals surface area contributed by atoms with Crippen molar-refractivity contribution in [1.82, 2.24) is 4.90 Å². The van der Waals surface area contributed by atoms with Gasteiger partial charge in [-0.25, -0.2) is 0 Å². The van der Waals surface area contributed by atoms with Crippen LogP contribution in [0.4, 0.5) is 0 Å². The number of fused-ring (bicyclic) bond motifs is 1. The molecule has 1 N–H and O–H groups in total. The van der Waals surface area contributed by atoms with E-state index in [-0.39, 0.29) is 5.91 Å². The van der Waals surface area contributed by atoms with E-state index in [1.165, 1.54) is 0 Å². The van der Waals surface area contributed by atoms with Crippen LogP contribution in [0.25, 0.3) is 0 Å². The predicted molar refractivity (Wildman–Crippen MR) is 62.5 cm³/mol. The fourth-order valence-electron chi connectivity index (χ4n) is 2.13. The van der Waals surface area contributed by atoms with Crippen molar-refractivity contribution in [2.45, 2.75) is 26.4 Å². The number of aliphatic hydroxyl groups excluding tert-OH is 1. The van der Waals surface area contributed by atoms with E-state index in [2.05, 4.69) is 0 Å². The lowest BCUT2D eigenvalue weighted by atomic mass is 9.97. The van der Waals surface area contributed by atoms with Gasteiger partial charge in [0, 0.05) is 18.7 Å². The molecule has 1 atom stereocenters. The number of benzene rings is 1. The van der Waals surface area contributed by atoms with Gasteiger partial charge in [0.25, 0.3) is 5.91 Å². The molecule has 1 aliphatic heterocycles. The lowest BCUT2D eigenvalue weighted by molar-refractivity contribution is 0.0630. The number of carbonyl (C=O) groups is 1. The van der Waals surface area contributed by atoms with Crippen molar-refractivity contribution in [3.05, 3.63) is 34.9 Å². The molecule has 3 heteroatoms. The SMILES string of the molecule is Cc1ccc2c(c1)C(=O)N(CC(C)O)CC2. The Bertz CT molecular complexity index is 412. The van der Waals surface area contributed by atoms with Gasteiger partial charge in [-0.05, 0) is 31.9 Å². The summed E-state index contributed by atoms with van der Waals surface area (Å²) in [6.07, 6.45) is 0.420. The highest BCUT2D eigenvalue weighted by molar-refractivity contribution is 5.96. The van der Waals surface area contributed by atoms with Crippen LogP contribution in [0.1, 0.15) is 28.4 Å². The Kier molecular flexibility index (Phi) is 2.97. The molecule has 0 fully saturated rings. The quantitative estimate of drug-likeness (QED) is 0.816. The van der Waals surface area contributed by atoms with Crippen LogP contribution in [0.3, 0.4) is 0 Å². The number of aliphatic hydroxyl groups is 1. The van der Waals surface area contributed by atoms with Crippen molar-refractivity contribution < 1.29 is 9.90 Å². The highest BCUT2D eigenvalue weighted by Crippen LogP contribution is 2.20. The van der Waals surface area contributed by atoms with Gasteiger partial charge in [-0.1, -0.05) is 17.7 Å². The average molecular weight is 219 g/mol. The Balaban J connectivity index is 2.27. The van der Waals surface area contributed by atoms with Gasteiger partial charge < -0.3 is 10.0 Å². The second-order valence-corrected chi connectivity index (χ2v) is 4.51. The summed E-state index contributed by atoms with van der Waals surface area (Å²) in [5.41, 5.74) is 3.02. The minimum absolute atomic E-state index is 0.0471. The van der Waals surface area contributed by atoms with E-state index in [0.29, 0.717) is 13.1 Å². The van der Waals surface area contributed by atoms with Crippen LogP contribution in [0.15, 0.2) is 18.2 Å². The molecule has 0 aromatic heterocycles. The number of hydrogen-bond acceptors (Lipinski definition) is 2. The molecule has 1 aromatic rings. The van der Waals surface area contributed by atoms with E-state index in [9.17, 15) is 9.90 Å². The second kappa shape index (κ2) is 4.26. The molecule has 0 spiro atoms. The number of hydrogen-bond donors (Lipinski definition) is 1. The first-order chi connectivity index (χ1) is 7.58. The van der Waals surface area contributed by atoms with Gasteiger partial charge in [-0.15, -0.1) is 0 Å². The molecule has 0 saturated carbocycles. The summed E-state index contributed by atoms with van der Waals surface area (Å²) in [6, 6.07) is 6.00. The fourth-order valence-corrected chi connectivity index (χ4v) is 2.13. The van der Waals surface area contributed by atoms with Crippen LogP contribution in [-0.4, -0.2) is 35.1 Å². The van der Waals surface area contributed by atoms with Crippen molar-refractivity contribution in [3.8, 4) is 0 Å². The maximum atomic E-state index is 12.1. The van der Waals surface area contributed by atoms with Crippen LogP contribution in [-0.2, 0) is 6.42 Å². The first-order valence-corrected chi connectivity index (χ1v) is 5.65. The molecular formula is C13H17NO2. The van der Waals surface area contributed by atoms with Gasteiger partial charge >= 0.3 is 0 Å². The number of amides is 1. The zero-order valence-corrected chi connectivity index (χ0v) is 9.73. The largest absolute Gasteiger partial charge is 0.392 e. The fraction of sp³-hybridized carbons (Fsp3) is 0.462. The smallest absolute Gasteiger partial charge is 0.254 e. The number of β-amino-alcohol motifs (C(OH)–C–C–N with tert-alkyl or cyclic N) is 1. The Morgan fingerprint density at radius 1 is 1.50 bits per heavy atom. The molecule has 0 saturated heterocycles. The lowest BCUT2D eigenvalue weighted by Crippen LogP contribution is -2.41. The third kappa shape index (κ3) is 2.09. The molecule has 16 heavy (non-hydrogen) atoms. The van der Waals surface area contributed by atoms with E-state index >= 15 is 0 Å². The van der Waals surface area contributed by atoms with E-state index in [1.54, 1.807) is 11.8 Å². The van der Waals surface area contributed by atoms with E-state index in [1.807, 2.05) is 25.1 Å². The van der Waals surface area contributed by atoms with Crippen LogP contribution < -0.4 is 0 Å². The molecule has 1 aliphatic rings. The normalized spacial score (nSPS) is 17.2. The second-order valence-electron chi connectivity index (χ2n) is 4.51. The summed E-state index contributed by atoms with van der Waals surface area (Å²) >= 11 is 0. The van der Waals surface area contributed by atoms with Gasteiger partial charge in [-0.2, -0.15) is 0 Å². The lowest BCUT2D eigenvalue weighted by Gasteiger charge is -2.29. The van der Waals surface area contributed by atoms with Crippen LogP contribution >= 0.6 is 0 Å². The van der Waals surface area contributed by atoms with E-state index in [0.717, 1.165) is 23.1 Å². The van der Waals surface area contributed by atoms with E-state index in [4.69, 9.17) is 0 Å². The van der Waals surface area contributed by atoms with Crippen LogP contribution in [0.5, 0.6) is 0 Å². The summed E-state index contributed by atoms with van der Waals surface area (Å²) in [4.78, 5) is 13.8. The van der Waals surface area contributed by atoms with Crippen molar-refractivity contribution in [1.29, 1.82) is 0 Å². The highest BCUT2D eigenvalue weighted by atomic mass is 16.3. The zero-order valence-electron chi connectivity index (χ0n) is 9.73. The first-order valence-electron chi connectivity index (χ1n) is 5.65. The predicted octanol–water partition coefficient (Wildman–Crippen LogP) is 1.37. The molecule has 0 aliphatic carbocycles. The Morgan fingerprint density at radius 2 is 2.25 bits per heavy atom. The average Bonchev–Trinajstić information content (AvgIpc) is 2.22. The monoisotopic (exact) mass is 219 g/mol. The summed E-state index contributed by atoms with van der Waals surface area (Å²) < 4.78 is 0. The summed E-state index contributed by atoms with van der Waals surface area (Å²) in [5, 5.41) is 9.33. The Hall–Kier alpha value is -1.35. The summed E-state index contributed by atoms with van der Waals surface area (Å²) in [7, 11) is 0. The first kappa shape index (κ1) is 11.1. The third-order valence-corrected chi connectivity index (χ3v) is 2.92. The third-order valence-electron chi connectivity index (χ3n) is 2.92. The summed E-state index contributed by atoms with van der Waals surface area (Å²) in [6.45, 7) is 4.83. The van der Waals surface area contributed by atoms with Crippen molar-refractivity contribution in [3.63, 3.8) is 0 Å². The van der Waals surface area contributed by atoms with E-state index < -0.39 is 6.10 Å². The minimum Gasteiger partial charge on any atom is -0.392 e. The highest BCUT2D eigenvalue weighted by Gasteiger charge is 2.24. The Labute approximate surface area is 95.7 Å². The maximum absolute atomic E-state index is 12.1. The molecule has 0 bridgehead atoms. The number of nitrogens with zero attached hydrogens (tertiary/aromatic N) is 1. The molecule has 1 heterocycles. The molecule has 3 nitrogen and oxygen atoms in total. The number of carbonyl (C=O) groups excluding carboxylic acids is 1. The van der Waals surface area contributed by atoms with Gasteiger partial charge in [0.15, 0.2) is 0 Å². The molecule has 1 aromatic carbocycles. The number of rotatable bonds is 2. The van der Waals surface area contributed by atoms with Gasteiger partial charge in [0.2, 0.25) is 0 Å². The Morgan fingerprint density at radius 3 is 2.94 bits per heavy atom. The van der Waals surface area contributed by atoms with Crippen molar-refractivity contribution in [2.24, 2.45) is 0 Å². The zero-order chi connectivity index (χ0) is 11.7. The maximum Gasteiger partial charge on any atom is 0.254 e. The van der Waals surface area contributed by atoms with Gasteiger partial charge in [0.1, 0.15) is 0 Å². The van der Waals surface area contributed by atoms with Crippen molar-refractivity contribution >= 4 is 5.91 Å². The standard InChI is InChI=1S/C13H17NO2/c1-9-3-4-11-5-6-14(8-10(2)15)13(16)12(11)7-9/h3-4,7,10,15H,5-6,8H2,1-2H3. The number of aryl methyl sites for hydroxylation is 1. The summed E-state index contributed by atoms with van der Waals surface area (Å²) in [5.74, 6) is 0.0471. The van der Waals surface area contributed by atoms with Crippen LogP contribution in [0, 0.1) is 6.92 Å².